The molecule has 0 atom stereocenters. The van der Waals surface area contributed by atoms with Gasteiger partial charge in [0.25, 0.3) is 0 Å². The minimum Gasteiger partial charge on any atom is -0.335 e. The Kier molecular flexibility index (Phi) is 6.55. The van der Waals surface area contributed by atoms with E-state index >= 15 is 0 Å². The minimum atomic E-state index is -0.0136. The topological polar surface area (TPSA) is 35.6 Å². The highest BCUT2D eigenvalue weighted by Crippen LogP contribution is 2.21. The zero-order valence-corrected chi connectivity index (χ0v) is 14.0. The Labute approximate surface area is 141 Å². The number of hydrogen-bond donors (Lipinski definition) is 1. The second kappa shape index (κ2) is 8.42. The molecular weight excluding hydrogens is 321 g/mol. The van der Waals surface area contributed by atoms with Crippen LogP contribution in [0.4, 0.5) is 4.79 Å². The van der Waals surface area contributed by atoms with Gasteiger partial charge in [0.2, 0.25) is 0 Å². The molecule has 0 bridgehead atoms. The standard InChI is InChI=1S/C16H21Cl2N3O/c1-2-6-19-16(22)21-10-8-20(9-11-21)7-5-13-3-4-14(17)12-15(13)18/h2-4,12H,1,5-11H2,(H,19,22). The molecule has 2 rings (SSSR count). The molecule has 0 saturated carbocycles. The van der Waals surface area contributed by atoms with Crippen LogP contribution in [-0.2, 0) is 6.42 Å². The molecule has 1 N–H and O–H groups in total. The van der Waals surface area contributed by atoms with Crippen molar-refractivity contribution in [3.05, 3.63) is 46.5 Å². The Morgan fingerprint density at radius 3 is 2.64 bits per heavy atom. The van der Waals surface area contributed by atoms with Crippen LogP contribution in [0, 0.1) is 0 Å². The molecule has 1 aromatic rings. The summed E-state index contributed by atoms with van der Waals surface area (Å²) in [6.45, 7) is 8.30. The van der Waals surface area contributed by atoms with E-state index in [1.54, 1.807) is 12.1 Å². The maximum atomic E-state index is 11.8. The summed E-state index contributed by atoms with van der Waals surface area (Å²) in [6, 6.07) is 5.61. The van der Waals surface area contributed by atoms with E-state index in [-0.39, 0.29) is 6.03 Å². The predicted molar refractivity (Wildman–Crippen MR) is 91.8 cm³/mol. The third-order valence-corrected chi connectivity index (χ3v) is 4.36. The maximum Gasteiger partial charge on any atom is 0.317 e. The van der Waals surface area contributed by atoms with E-state index in [1.807, 2.05) is 17.0 Å². The van der Waals surface area contributed by atoms with Gasteiger partial charge < -0.3 is 10.2 Å². The number of benzene rings is 1. The molecule has 1 heterocycles. The van der Waals surface area contributed by atoms with Crippen molar-refractivity contribution in [3.63, 3.8) is 0 Å². The lowest BCUT2D eigenvalue weighted by atomic mass is 10.1. The van der Waals surface area contributed by atoms with Crippen molar-refractivity contribution in [1.29, 1.82) is 0 Å². The maximum absolute atomic E-state index is 11.8. The molecule has 0 aromatic heterocycles. The third-order valence-electron chi connectivity index (χ3n) is 3.77. The van der Waals surface area contributed by atoms with Crippen LogP contribution in [0.25, 0.3) is 0 Å². The normalized spacial score (nSPS) is 15.6. The predicted octanol–water partition coefficient (Wildman–Crippen LogP) is 3.05. The van der Waals surface area contributed by atoms with Gasteiger partial charge in [-0.3, -0.25) is 4.90 Å². The first kappa shape index (κ1) is 17.1. The number of urea groups is 1. The zero-order valence-electron chi connectivity index (χ0n) is 12.5. The number of nitrogens with one attached hydrogen (secondary N) is 1. The fourth-order valence-electron chi connectivity index (χ4n) is 2.45. The van der Waals surface area contributed by atoms with Crippen molar-refractivity contribution in [2.24, 2.45) is 0 Å². The van der Waals surface area contributed by atoms with E-state index in [4.69, 9.17) is 23.2 Å². The number of halogens is 2. The van der Waals surface area contributed by atoms with Crippen molar-refractivity contribution >= 4 is 29.2 Å². The van der Waals surface area contributed by atoms with Gasteiger partial charge in [0.15, 0.2) is 0 Å². The summed E-state index contributed by atoms with van der Waals surface area (Å²) in [6.07, 6.45) is 2.57. The fourth-order valence-corrected chi connectivity index (χ4v) is 2.95. The van der Waals surface area contributed by atoms with Crippen LogP contribution in [0.5, 0.6) is 0 Å². The van der Waals surface area contributed by atoms with Crippen LogP contribution in [0.2, 0.25) is 10.0 Å². The summed E-state index contributed by atoms with van der Waals surface area (Å²) in [7, 11) is 0. The van der Waals surface area contributed by atoms with E-state index in [2.05, 4.69) is 16.8 Å². The van der Waals surface area contributed by atoms with Gasteiger partial charge in [-0.25, -0.2) is 4.79 Å². The Morgan fingerprint density at radius 2 is 2.00 bits per heavy atom. The van der Waals surface area contributed by atoms with Crippen LogP contribution in [0.1, 0.15) is 5.56 Å². The van der Waals surface area contributed by atoms with Crippen LogP contribution >= 0.6 is 23.2 Å². The smallest absolute Gasteiger partial charge is 0.317 e. The van der Waals surface area contributed by atoms with Crippen LogP contribution in [0.3, 0.4) is 0 Å². The Balaban J connectivity index is 1.75. The first-order valence-corrected chi connectivity index (χ1v) is 8.15. The van der Waals surface area contributed by atoms with Crippen molar-refractivity contribution in [2.75, 3.05) is 39.3 Å². The van der Waals surface area contributed by atoms with E-state index < -0.39 is 0 Å². The summed E-state index contributed by atoms with van der Waals surface area (Å²) in [4.78, 5) is 16.0. The number of nitrogens with zero attached hydrogens (tertiary/aromatic N) is 2. The highest BCUT2D eigenvalue weighted by Gasteiger charge is 2.20. The Morgan fingerprint density at radius 1 is 1.27 bits per heavy atom. The summed E-state index contributed by atoms with van der Waals surface area (Å²) in [5.74, 6) is 0. The first-order valence-electron chi connectivity index (χ1n) is 7.40. The van der Waals surface area contributed by atoms with E-state index in [0.29, 0.717) is 11.6 Å². The van der Waals surface area contributed by atoms with Gasteiger partial charge in [0, 0.05) is 49.3 Å². The Bertz CT molecular complexity index is 528. The van der Waals surface area contributed by atoms with Crippen molar-refractivity contribution in [3.8, 4) is 0 Å². The van der Waals surface area contributed by atoms with Gasteiger partial charge >= 0.3 is 6.03 Å². The second-order valence-electron chi connectivity index (χ2n) is 5.29. The van der Waals surface area contributed by atoms with E-state index in [1.165, 1.54) is 0 Å². The van der Waals surface area contributed by atoms with Crippen molar-refractivity contribution < 1.29 is 4.79 Å². The number of piperazine rings is 1. The number of amides is 2. The highest BCUT2D eigenvalue weighted by atomic mass is 35.5. The average molecular weight is 342 g/mol. The molecular formula is C16H21Cl2N3O. The summed E-state index contributed by atoms with van der Waals surface area (Å²) >= 11 is 12.1. The number of hydrogen-bond acceptors (Lipinski definition) is 2. The lowest BCUT2D eigenvalue weighted by Crippen LogP contribution is -2.52. The molecule has 1 aliphatic rings. The quantitative estimate of drug-likeness (QED) is 0.835. The van der Waals surface area contributed by atoms with Crippen molar-refractivity contribution in [1.82, 2.24) is 15.1 Å². The monoisotopic (exact) mass is 341 g/mol. The molecule has 0 unspecified atom stereocenters. The molecule has 6 heteroatoms. The average Bonchev–Trinajstić information content (AvgIpc) is 2.52. The molecule has 1 fully saturated rings. The van der Waals surface area contributed by atoms with Crippen LogP contribution in [0.15, 0.2) is 30.9 Å². The molecule has 0 radical (unpaired) electrons. The molecule has 1 aromatic carbocycles. The molecule has 0 spiro atoms. The molecule has 2 amide bonds. The van der Waals surface area contributed by atoms with E-state index in [9.17, 15) is 4.79 Å². The van der Waals surface area contributed by atoms with Gasteiger partial charge in [-0.05, 0) is 24.1 Å². The number of carbonyl (C=O) groups excluding carboxylic acids is 1. The summed E-state index contributed by atoms with van der Waals surface area (Å²) in [5, 5.41) is 4.19. The highest BCUT2D eigenvalue weighted by molar-refractivity contribution is 6.35. The fraction of sp³-hybridized carbons (Fsp3) is 0.438. The SMILES string of the molecule is C=CCNC(=O)N1CCN(CCc2ccc(Cl)cc2Cl)CC1. The molecule has 22 heavy (non-hydrogen) atoms. The second-order valence-corrected chi connectivity index (χ2v) is 6.13. The van der Waals surface area contributed by atoms with E-state index in [0.717, 1.165) is 49.7 Å². The summed E-state index contributed by atoms with van der Waals surface area (Å²) < 4.78 is 0. The molecule has 120 valence electrons. The summed E-state index contributed by atoms with van der Waals surface area (Å²) in [5.41, 5.74) is 1.11. The minimum absolute atomic E-state index is 0.0136. The lowest BCUT2D eigenvalue weighted by Gasteiger charge is -2.34. The molecule has 0 aliphatic carbocycles. The number of carbonyl (C=O) groups is 1. The van der Waals surface area contributed by atoms with Gasteiger partial charge in [-0.1, -0.05) is 35.3 Å². The lowest BCUT2D eigenvalue weighted by molar-refractivity contribution is 0.141. The van der Waals surface area contributed by atoms with Gasteiger partial charge in [0.1, 0.15) is 0 Å². The first-order chi connectivity index (χ1) is 10.6. The number of rotatable bonds is 5. The van der Waals surface area contributed by atoms with Crippen LogP contribution < -0.4 is 5.32 Å². The largest absolute Gasteiger partial charge is 0.335 e. The Hall–Kier alpha value is -1.23. The zero-order chi connectivity index (χ0) is 15.9. The molecule has 1 saturated heterocycles. The molecule has 1 aliphatic heterocycles. The van der Waals surface area contributed by atoms with Gasteiger partial charge in [-0.15, -0.1) is 6.58 Å². The van der Waals surface area contributed by atoms with Gasteiger partial charge in [0.05, 0.1) is 0 Å². The third kappa shape index (κ3) is 4.90. The molecule has 4 nitrogen and oxygen atoms in total. The van der Waals surface area contributed by atoms with Crippen LogP contribution in [-0.4, -0.2) is 55.1 Å². The van der Waals surface area contributed by atoms with Crippen molar-refractivity contribution in [2.45, 2.75) is 6.42 Å². The van der Waals surface area contributed by atoms with Gasteiger partial charge in [-0.2, -0.15) is 0 Å².